The molecule has 0 saturated heterocycles. The molecule has 1 atom stereocenters. The molecule has 1 aromatic rings. The predicted molar refractivity (Wildman–Crippen MR) is 88.6 cm³/mol. The van der Waals surface area contributed by atoms with Crippen molar-refractivity contribution in [1.82, 2.24) is 4.90 Å². The third-order valence-corrected chi connectivity index (χ3v) is 4.99. The zero-order valence-electron chi connectivity index (χ0n) is 13.0. The lowest BCUT2D eigenvalue weighted by Gasteiger charge is -2.37. The van der Waals surface area contributed by atoms with Gasteiger partial charge in [0, 0.05) is 11.1 Å². The highest BCUT2D eigenvalue weighted by Gasteiger charge is 2.29. The van der Waals surface area contributed by atoms with E-state index in [9.17, 15) is 4.91 Å². The van der Waals surface area contributed by atoms with Crippen LogP contribution in [0.15, 0.2) is 29.4 Å². The average molecular weight is 309 g/mol. The van der Waals surface area contributed by atoms with Crippen molar-refractivity contribution in [2.24, 2.45) is 17.0 Å². The summed E-state index contributed by atoms with van der Waals surface area (Å²) in [4.78, 5) is 12.6. The van der Waals surface area contributed by atoms with Gasteiger partial charge in [0.1, 0.15) is 0 Å². The Bertz CT molecular complexity index is 439. The fourth-order valence-electron chi connectivity index (χ4n) is 3.68. The molecule has 0 spiro atoms. The quantitative estimate of drug-likeness (QED) is 0.700. The molecule has 1 aromatic carbocycles. The third kappa shape index (κ3) is 4.52. The highest BCUT2D eigenvalue weighted by molar-refractivity contribution is 6.30. The molecule has 0 aromatic heterocycles. The van der Waals surface area contributed by atoms with Gasteiger partial charge >= 0.3 is 0 Å². The molecule has 0 amide bonds. The van der Waals surface area contributed by atoms with Gasteiger partial charge in [-0.3, -0.25) is 0 Å². The zero-order chi connectivity index (χ0) is 15.2. The molecule has 116 valence electrons. The van der Waals surface area contributed by atoms with Crippen LogP contribution in [0.3, 0.4) is 0 Å². The standard InChI is InChI=1S/C17H25ClN2O/c1-20(2)17(15-7-9-16(18)10-8-15)14-5-3-13(4-6-14)11-12-19-21/h7-10,13-14,17H,3-6,11-12H2,1-2H3. The summed E-state index contributed by atoms with van der Waals surface area (Å²) in [5.74, 6) is 1.37. The number of nitroso groups, excluding NO2 is 1. The maximum atomic E-state index is 10.3. The van der Waals surface area contributed by atoms with E-state index in [0.717, 1.165) is 11.4 Å². The Morgan fingerprint density at radius 3 is 2.33 bits per heavy atom. The van der Waals surface area contributed by atoms with E-state index in [0.29, 0.717) is 24.4 Å². The lowest BCUT2D eigenvalue weighted by atomic mass is 9.75. The van der Waals surface area contributed by atoms with Gasteiger partial charge in [-0.1, -0.05) is 41.8 Å². The number of hydrogen-bond donors (Lipinski definition) is 0. The molecule has 2 rings (SSSR count). The van der Waals surface area contributed by atoms with Crippen molar-refractivity contribution >= 4 is 11.6 Å². The molecule has 0 radical (unpaired) electrons. The summed E-state index contributed by atoms with van der Waals surface area (Å²) in [6.07, 6.45) is 5.87. The summed E-state index contributed by atoms with van der Waals surface area (Å²) in [5.41, 5.74) is 1.35. The Hall–Kier alpha value is -0.930. The SMILES string of the molecule is CN(C)C(c1ccc(Cl)cc1)C1CCC(CCN=O)CC1. The average Bonchev–Trinajstić information content (AvgIpc) is 2.48. The van der Waals surface area contributed by atoms with Gasteiger partial charge in [-0.2, -0.15) is 4.91 Å². The van der Waals surface area contributed by atoms with E-state index < -0.39 is 0 Å². The molecule has 0 aliphatic heterocycles. The van der Waals surface area contributed by atoms with Crippen molar-refractivity contribution in [3.63, 3.8) is 0 Å². The number of nitrogens with zero attached hydrogens (tertiary/aromatic N) is 2. The Morgan fingerprint density at radius 1 is 1.19 bits per heavy atom. The maximum Gasteiger partial charge on any atom is 0.0813 e. The third-order valence-electron chi connectivity index (χ3n) is 4.73. The van der Waals surface area contributed by atoms with Crippen LogP contribution in [0, 0.1) is 16.7 Å². The van der Waals surface area contributed by atoms with Gasteiger partial charge < -0.3 is 4.90 Å². The molecule has 3 nitrogen and oxygen atoms in total. The molecule has 1 saturated carbocycles. The summed E-state index contributed by atoms with van der Waals surface area (Å²) in [5, 5.41) is 3.79. The highest BCUT2D eigenvalue weighted by atomic mass is 35.5. The van der Waals surface area contributed by atoms with Crippen LogP contribution in [0.4, 0.5) is 0 Å². The Balaban J connectivity index is 2.00. The summed E-state index contributed by atoms with van der Waals surface area (Å²) in [7, 11) is 4.31. The molecule has 0 bridgehead atoms. The first-order chi connectivity index (χ1) is 10.1. The van der Waals surface area contributed by atoms with Crippen molar-refractivity contribution in [2.45, 2.75) is 38.1 Å². The first kappa shape index (κ1) is 16.4. The number of rotatable bonds is 6. The summed E-state index contributed by atoms with van der Waals surface area (Å²) >= 11 is 6.00. The van der Waals surface area contributed by atoms with Crippen molar-refractivity contribution in [1.29, 1.82) is 0 Å². The van der Waals surface area contributed by atoms with Crippen molar-refractivity contribution in [2.75, 3.05) is 20.6 Å². The number of halogens is 1. The second-order valence-corrected chi connectivity index (χ2v) is 6.82. The summed E-state index contributed by atoms with van der Waals surface area (Å²) in [6, 6.07) is 8.71. The molecular weight excluding hydrogens is 284 g/mol. The Kier molecular flexibility index (Phi) is 6.19. The van der Waals surface area contributed by atoms with E-state index in [1.54, 1.807) is 0 Å². The van der Waals surface area contributed by atoms with Gasteiger partial charge in [0.2, 0.25) is 0 Å². The summed E-state index contributed by atoms with van der Waals surface area (Å²) in [6.45, 7) is 0.476. The van der Waals surface area contributed by atoms with Gasteiger partial charge in [-0.25, -0.2) is 0 Å². The van der Waals surface area contributed by atoms with Gasteiger partial charge in [0.15, 0.2) is 0 Å². The van der Waals surface area contributed by atoms with Crippen LogP contribution in [-0.2, 0) is 0 Å². The van der Waals surface area contributed by atoms with Crippen LogP contribution < -0.4 is 0 Å². The van der Waals surface area contributed by atoms with E-state index >= 15 is 0 Å². The van der Waals surface area contributed by atoms with Gasteiger partial charge in [0.25, 0.3) is 0 Å². The number of benzene rings is 1. The van der Waals surface area contributed by atoms with E-state index in [1.165, 1.54) is 31.2 Å². The van der Waals surface area contributed by atoms with Crippen LogP contribution in [-0.4, -0.2) is 25.5 Å². The lowest BCUT2D eigenvalue weighted by Crippen LogP contribution is -2.30. The second-order valence-electron chi connectivity index (χ2n) is 6.38. The lowest BCUT2D eigenvalue weighted by molar-refractivity contribution is 0.147. The first-order valence-electron chi connectivity index (χ1n) is 7.83. The van der Waals surface area contributed by atoms with E-state index in [2.05, 4.69) is 36.3 Å². The van der Waals surface area contributed by atoms with E-state index in [4.69, 9.17) is 11.6 Å². The molecule has 21 heavy (non-hydrogen) atoms. The van der Waals surface area contributed by atoms with Crippen molar-refractivity contribution < 1.29 is 0 Å². The van der Waals surface area contributed by atoms with E-state index in [-0.39, 0.29) is 0 Å². The molecule has 1 aliphatic rings. The second kappa shape index (κ2) is 7.90. The normalized spacial score (nSPS) is 24.0. The smallest absolute Gasteiger partial charge is 0.0813 e. The molecular formula is C17H25ClN2O. The molecule has 0 heterocycles. The largest absolute Gasteiger partial charge is 0.302 e. The molecule has 1 aliphatic carbocycles. The Morgan fingerprint density at radius 2 is 1.81 bits per heavy atom. The van der Waals surface area contributed by atoms with Gasteiger partial charge in [0.05, 0.1) is 6.54 Å². The zero-order valence-corrected chi connectivity index (χ0v) is 13.7. The maximum absolute atomic E-state index is 10.3. The molecule has 0 N–H and O–H groups in total. The first-order valence-corrected chi connectivity index (χ1v) is 8.20. The highest BCUT2D eigenvalue weighted by Crippen LogP contribution is 2.40. The molecule has 1 unspecified atom stereocenters. The van der Waals surface area contributed by atoms with Crippen LogP contribution in [0.5, 0.6) is 0 Å². The molecule has 4 heteroatoms. The predicted octanol–water partition coefficient (Wildman–Crippen LogP) is 4.91. The molecule has 1 fully saturated rings. The fourth-order valence-corrected chi connectivity index (χ4v) is 3.81. The topological polar surface area (TPSA) is 32.7 Å². The van der Waals surface area contributed by atoms with Crippen LogP contribution in [0.2, 0.25) is 5.02 Å². The minimum atomic E-state index is 0.451. The Labute approximate surface area is 132 Å². The van der Waals surface area contributed by atoms with Crippen molar-refractivity contribution in [3.8, 4) is 0 Å². The van der Waals surface area contributed by atoms with Gasteiger partial charge in [-0.05, 0) is 62.9 Å². The fraction of sp³-hybridized carbons (Fsp3) is 0.647. The van der Waals surface area contributed by atoms with Gasteiger partial charge in [-0.15, -0.1) is 0 Å². The van der Waals surface area contributed by atoms with E-state index in [1.807, 2.05) is 12.1 Å². The van der Waals surface area contributed by atoms with Crippen LogP contribution in [0.1, 0.15) is 43.7 Å². The van der Waals surface area contributed by atoms with Crippen molar-refractivity contribution in [3.05, 3.63) is 39.8 Å². The minimum Gasteiger partial charge on any atom is -0.302 e. The summed E-state index contributed by atoms with van der Waals surface area (Å²) < 4.78 is 0. The number of hydrogen-bond acceptors (Lipinski definition) is 3. The minimum absolute atomic E-state index is 0.451. The van der Waals surface area contributed by atoms with Crippen LogP contribution in [0.25, 0.3) is 0 Å². The monoisotopic (exact) mass is 308 g/mol. The van der Waals surface area contributed by atoms with Crippen LogP contribution >= 0.6 is 11.6 Å².